The van der Waals surface area contributed by atoms with Crippen molar-refractivity contribution in [3.63, 3.8) is 0 Å². The predicted molar refractivity (Wildman–Crippen MR) is 125 cm³/mol. The van der Waals surface area contributed by atoms with Crippen LogP contribution in [0.25, 0.3) is 10.4 Å². The monoisotopic (exact) mass is 478 g/mol. The average Bonchev–Trinajstić information content (AvgIpc) is 3.13. The largest absolute Gasteiger partial charge is 0.487 e. The molecule has 1 spiro atoms. The molecule has 0 radical (unpaired) electrons. The number of ether oxygens (including phenoxy) is 2. The fourth-order valence-corrected chi connectivity index (χ4v) is 6.30. The Morgan fingerprint density at radius 1 is 1.25 bits per heavy atom. The SMILES string of the molecule is CC(C)(C)OC(=O)N1CCC2(CCc3cc(-c4cnc(CS(C)(=O)=O)s4)ccc3O2)CC1. The van der Waals surface area contributed by atoms with Crippen LogP contribution in [0.15, 0.2) is 24.4 Å². The summed E-state index contributed by atoms with van der Waals surface area (Å²) in [5.74, 6) is 0.862. The van der Waals surface area contributed by atoms with Gasteiger partial charge in [-0.05, 0) is 62.9 Å². The summed E-state index contributed by atoms with van der Waals surface area (Å²) in [5, 5.41) is 0.604. The Morgan fingerprint density at radius 3 is 2.62 bits per heavy atom. The predicted octanol–water partition coefficient (Wildman–Crippen LogP) is 4.45. The minimum atomic E-state index is -3.10. The van der Waals surface area contributed by atoms with Gasteiger partial charge in [0.1, 0.15) is 27.7 Å². The van der Waals surface area contributed by atoms with Crippen molar-refractivity contribution in [1.82, 2.24) is 9.88 Å². The minimum absolute atomic E-state index is 0.0332. The number of carbonyl (C=O) groups excluding carboxylic acids is 1. The van der Waals surface area contributed by atoms with Crippen LogP contribution in [0.3, 0.4) is 0 Å². The maximum atomic E-state index is 12.4. The molecule has 2 aromatic rings. The average molecular weight is 479 g/mol. The van der Waals surface area contributed by atoms with E-state index in [0.717, 1.165) is 47.4 Å². The van der Waals surface area contributed by atoms with Gasteiger partial charge in [-0.1, -0.05) is 0 Å². The second kappa shape index (κ2) is 8.33. The summed E-state index contributed by atoms with van der Waals surface area (Å²) in [7, 11) is -3.10. The number of nitrogens with zero attached hydrogens (tertiary/aromatic N) is 2. The first-order chi connectivity index (χ1) is 14.9. The number of piperidine rings is 1. The van der Waals surface area contributed by atoms with E-state index in [1.54, 1.807) is 11.1 Å². The summed E-state index contributed by atoms with van der Waals surface area (Å²) in [4.78, 5) is 19.4. The summed E-state index contributed by atoms with van der Waals surface area (Å²) in [6, 6.07) is 6.13. The Balaban J connectivity index is 1.42. The third kappa shape index (κ3) is 5.43. The van der Waals surface area contributed by atoms with Gasteiger partial charge >= 0.3 is 6.09 Å². The first-order valence-corrected chi connectivity index (χ1v) is 13.7. The standard InChI is InChI=1S/C23H30N2O5S2/c1-22(2,3)30-21(26)25-11-9-23(10-12-25)8-7-16-13-17(5-6-18(16)29-23)19-14-24-20(31-19)15-32(4,27)28/h5-6,13-14H,7-12,15H2,1-4H3. The van der Waals surface area contributed by atoms with E-state index < -0.39 is 15.4 Å². The van der Waals surface area contributed by atoms with Gasteiger partial charge in [-0.25, -0.2) is 18.2 Å². The summed E-state index contributed by atoms with van der Waals surface area (Å²) in [5.41, 5.74) is 1.45. The number of hydrogen-bond acceptors (Lipinski definition) is 7. The molecule has 0 unspecified atom stereocenters. The van der Waals surface area contributed by atoms with Crippen molar-refractivity contribution in [2.75, 3.05) is 19.3 Å². The zero-order valence-electron chi connectivity index (χ0n) is 19.0. The number of aryl methyl sites for hydroxylation is 1. The van der Waals surface area contributed by atoms with Crippen LogP contribution >= 0.6 is 11.3 Å². The van der Waals surface area contributed by atoms with Crippen LogP contribution in [-0.4, -0.2) is 54.9 Å². The Morgan fingerprint density at radius 2 is 1.97 bits per heavy atom. The Labute approximate surface area is 193 Å². The quantitative estimate of drug-likeness (QED) is 0.648. The van der Waals surface area contributed by atoms with E-state index in [1.165, 1.54) is 17.6 Å². The number of rotatable bonds is 3. The van der Waals surface area contributed by atoms with Crippen molar-refractivity contribution in [2.24, 2.45) is 0 Å². The van der Waals surface area contributed by atoms with Gasteiger partial charge in [0.25, 0.3) is 0 Å². The maximum absolute atomic E-state index is 12.4. The van der Waals surface area contributed by atoms with E-state index in [4.69, 9.17) is 9.47 Å². The van der Waals surface area contributed by atoms with Crippen LogP contribution < -0.4 is 4.74 Å². The van der Waals surface area contributed by atoms with E-state index in [9.17, 15) is 13.2 Å². The number of likely N-dealkylation sites (tertiary alicyclic amines) is 1. The van der Waals surface area contributed by atoms with E-state index in [-0.39, 0.29) is 17.4 Å². The lowest BCUT2D eigenvalue weighted by Gasteiger charge is -2.44. The summed E-state index contributed by atoms with van der Waals surface area (Å²) >= 11 is 1.41. The Kier molecular flexibility index (Phi) is 6.00. The number of amides is 1. The number of fused-ring (bicyclic) bond motifs is 1. The number of thiazole rings is 1. The van der Waals surface area contributed by atoms with Crippen LogP contribution in [0.2, 0.25) is 0 Å². The van der Waals surface area contributed by atoms with Gasteiger partial charge in [-0.2, -0.15) is 0 Å². The van der Waals surface area contributed by atoms with Gasteiger partial charge in [0.2, 0.25) is 0 Å². The molecule has 4 rings (SSSR count). The molecule has 0 aliphatic carbocycles. The summed E-state index contributed by atoms with van der Waals surface area (Å²) in [6.07, 6.45) is 6.10. The van der Waals surface area contributed by atoms with Gasteiger partial charge in [0, 0.05) is 38.4 Å². The van der Waals surface area contributed by atoms with E-state index in [0.29, 0.717) is 18.1 Å². The van der Waals surface area contributed by atoms with Crippen LogP contribution in [0.5, 0.6) is 5.75 Å². The molecule has 7 nitrogen and oxygen atoms in total. The van der Waals surface area contributed by atoms with Gasteiger partial charge in [-0.3, -0.25) is 0 Å². The highest BCUT2D eigenvalue weighted by Crippen LogP contribution is 2.41. The molecule has 1 saturated heterocycles. The molecule has 1 aromatic carbocycles. The first kappa shape index (κ1) is 23.0. The molecule has 3 heterocycles. The molecule has 0 atom stereocenters. The van der Waals surface area contributed by atoms with Crippen molar-refractivity contribution in [1.29, 1.82) is 0 Å². The van der Waals surface area contributed by atoms with Gasteiger partial charge in [-0.15, -0.1) is 11.3 Å². The third-order valence-corrected chi connectivity index (χ3v) is 7.81. The Hall–Kier alpha value is -2.13. The zero-order valence-corrected chi connectivity index (χ0v) is 20.6. The van der Waals surface area contributed by atoms with E-state index >= 15 is 0 Å². The van der Waals surface area contributed by atoms with Crippen molar-refractivity contribution in [3.05, 3.63) is 35.0 Å². The van der Waals surface area contributed by atoms with Crippen LogP contribution in [0, 0.1) is 0 Å². The lowest BCUT2D eigenvalue weighted by Crippen LogP contribution is -2.52. The number of carbonyl (C=O) groups is 1. The molecule has 2 aliphatic heterocycles. The summed E-state index contributed by atoms with van der Waals surface area (Å²) < 4.78 is 35.0. The number of sulfone groups is 1. The zero-order chi connectivity index (χ0) is 23.1. The summed E-state index contributed by atoms with van der Waals surface area (Å²) in [6.45, 7) is 6.90. The van der Waals surface area contributed by atoms with Gasteiger partial charge in [0.05, 0.1) is 4.88 Å². The van der Waals surface area contributed by atoms with Gasteiger partial charge in [0.15, 0.2) is 9.84 Å². The van der Waals surface area contributed by atoms with Crippen molar-refractivity contribution in [3.8, 4) is 16.2 Å². The molecule has 1 fully saturated rings. The number of benzene rings is 1. The molecule has 9 heteroatoms. The molecular weight excluding hydrogens is 448 g/mol. The normalized spacial score (nSPS) is 18.2. The topological polar surface area (TPSA) is 85.8 Å². The second-order valence-electron chi connectivity index (χ2n) is 9.76. The smallest absolute Gasteiger partial charge is 0.410 e. The highest BCUT2D eigenvalue weighted by molar-refractivity contribution is 7.90. The third-order valence-electron chi connectivity index (χ3n) is 5.79. The number of hydrogen-bond donors (Lipinski definition) is 0. The fraction of sp³-hybridized carbons (Fsp3) is 0.565. The highest BCUT2D eigenvalue weighted by Gasteiger charge is 2.41. The van der Waals surface area contributed by atoms with E-state index in [1.807, 2.05) is 32.9 Å². The van der Waals surface area contributed by atoms with Crippen LogP contribution in [0.4, 0.5) is 4.79 Å². The molecule has 174 valence electrons. The molecule has 32 heavy (non-hydrogen) atoms. The number of aromatic nitrogens is 1. The van der Waals surface area contributed by atoms with Crippen molar-refractivity contribution < 1.29 is 22.7 Å². The lowest BCUT2D eigenvalue weighted by molar-refractivity contribution is -0.0272. The molecule has 1 amide bonds. The molecule has 1 aromatic heterocycles. The van der Waals surface area contributed by atoms with Gasteiger partial charge < -0.3 is 14.4 Å². The van der Waals surface area contributed by atoms with E-state index in [2.05, 4.69) is 11.1 Å². The molecule has 2 aliphatic rings. The maximum Gasteiger partial charge on any atom is 0.410 e. The van der Waals surface area contributed by atoms with Crippen LogP contribution in [-0.2, 0) is 26.7 Å². The van der Waals surface area contributed by atoms with Crippen molar-refractivity contribution in [2.45, 2.75) is 63.4 Å². The lowest BCUT2D eigenvalue weighted by atomic mass is 9.83. The fourth-order valence-electron chi connectivity index (χ4n) is 4.18. The highest BCUT2D eigenvalue weighted by atomic mass is 32.2. The Bertz CT molecular complexity index is 1110. The minimum Gasteiger partial charge on any atom is -0.487 e. The molecule has 0 bridgehead atoms. The van der Waals surface area contributed by atoms with Crippen LogP contribution in [0.1, 0.15) is 50.6 Å². The first-order valence-electron chi connectivity index (χ1n) is 10.8. The second-order valence-corrected chi connectivity index (χ2v) is 13.0. The molecule has 0 saturated carbocycles. The molecular formula is C23H30N2O5S2. The molecule has 0 N–H and O–H groups in total. The van der Waals surface area contributed by atoms with Crippen molar-refractivity contribution >= 4 is 27.3 Å².